The number of benzene rings is 2. The third-order valence-electron chi connectivity index (χ3n) is 4.45. The number of para-hydroxylation sites is 3. The number of aromatic amines is 1. The van der Waals surface area contributed by atoms with E-state index in [1.165, 1.54) is 5.56 Å². The van der Waals surface area contributed by atoms with Gasteiger partial charge in [-0.3, -0.25) is 4.79 Å². The van der Waals surface area contributed by atoms with Crippen LogP contribution in [0, 0.1) is 4.77 Å². The molecule has 1 atom stereocenters. The molecule has 23 heavy (non-hydrogen) atoms. The summed E-state index contributed by atoms with van der Waals surface area (Å²) in [7, 11) is 0. The van der Waals surface area contributed by atoms with Crippen LogP contribution in [0.15, 0.2) is 48.5 Å². The Morgan fingerprint density at radius 2 is 1.96 bits per heavy atom. The number of carbonyl (C=O) groups excluding carboxylic acids is 1. The lowest BCUT2D eigenvalue weighted by atomic mass is 10.1. The first-order chi connectivity index (χ1) is 11.1. The van der Waals surface area contributed by atoms with Gasteiger partial charge in [0.25, 0.3) is 0 Å². The number of rotatable bonds is 2. The van der Waals surface area contributed by atoms with Crippen LogP contribution in [0.25, 0.3) is 11.0 Å². The number of aromatic nitrogens is 2. The molecule has 4 rings (SSSR count). The number of H-pyrrole nitrogens is 1. The fourth-order valence-electron chi connectivity index (χ4n) is 3.42. The molecule has 0 saturated carbocycles. The molecule has 1 N–H and O–H groups in total. The van der Waals surface area contributed by atoms with E-state index in [0.717, 1.165) is 23.1 Å². The maximum absolute atomic E-state index is 12.9. The number of fused-ring (bicyclic) bond motifs is 2. The van der Waals surface area contributed by atoms with E-state index in [2.05, 4.69) is 18.0 Å². The molecule has 1 aromatic heterocycles. The van der Waals surface area contributed by atoms with Crippen LogP contribution in [0.3, 0.4) is 0 Å². The molecule has 2 heterocycles. The van der Waals surface area contributed by atoms with Crippen LogP contribution >= 0.6 is 12.2 Å². The zero-order chi connectivity index (χ0) is 16.0. The van der Waals surface area contributed by atoms with Gasteiger partial charge in [0, 0.05) is 11.7 Å². The van der Waals surface area contributed by atoms with Crippen molar-refractivity contribution in [2.45, 2.75) is 25.9 Å². The zero-order valence-corrected chi connectivity index (χ0v) is 13.6. The third kappa shape index (κ3) is 2.28. The number of carbonyl (C=O) groups is 1. The molecule has 5 heteroatoms. The molecule has 0 bridgehead atoms. The lowest BCUT2D eigenvalue weighted by molar-refractivity contribution is -0.119. The molecular weight excluding hydrogens is 306 g/mol. The van der Waals surface area contributed by atoms with E-state index in [4.69, 9.17) is 12.2 Å². The van der Waals surface area contributed by atoms with Gasteiger partial charge in [0.05, 0.1) is 11.0 Å². The average molecular weight is 323 g/mol. The minimum Gasteiger partial charge on any atom is -0.331 e. The molecule has 1 aliphatic heterocycles. The first-order valence-corrected chi connectivity index (χ1v) is 8.13. The van der Waals surface area contributed by atoms with Crippen LogP contribution in [0.4, 0.5) is 5.69 Å². The van der Waals surface area contributed by atoms with Gasteiger partial charge >= 0.3 is 0 Å². The van der Waals surface area contributed by atoms with Gasteiger partial charge in [-0.2, -0.15) is 0 Å². The van der Waals surface area contributed by atoms with Crippen molar-refractivity contribution in [2.75, 3.05) is 4.90 Å². The molecule has 116 valence electrons. The highest BCUT2D eigenvalue weighted by Crippen LogP contribution is 2.32. The SMILES string of the molecule is C[C@@H]1Cc2ccccc2N1C(=O)Cn1c(=S)[nH]c2ccccc21. The summed E-state index contributed by atoms with van der Waals surface area (Å²) in [6.07, 6.45) is 0.904. The third-order valence-corrected chi connectivity index (χ3v) is 4.77. The highest BCUT2D eigenvalue weighted by Gasteiger charge is 2.30. The molecule has 0 spiro atoms. The highest BCUT2D eigenvalue weighted by molar-refractivity contribution is 7.71. The van der Waals surface area contributed by atoms with E-state index in [9.17, 15) is 4.79 Å². The molecule has 2 aromatic carbocycles. The van der Waals surface area contributed by atoms with Crippen molar-refractivity contribution in [3.8, 4) is 0 Å². The minimum atomic E-state index is 0.0725. The normalized spacial score (nSPS) is 16.7. The molecule has 0 saturated heterocycles. The zero-order valence-electron chi connectivity index (χ0n) is 12.8. The van der Waals surface area contributed by atoms with E-state index in [0.29, 0.717) is 4.77 Å². The van der Waals surface area contributed by atoms with E-state index in [1.807, 2.05) is 51.9 Å². The van der Waals surface area contributed by atoms with Crippen molar-refractivity contribution in [2.24, 2.45) is 0 Å². The van der Waals surface area contributed by atoms with E-state index in [-0.39, 0.29) is 18.5 Å². The Labute approximate surface area is 139 Å². The number of hydrogen-bond donors (Lipinski definition) is 1. The Balaban J connectivity index is 1.70. The number of imidazole rings is 1. The number of hydrogen-bond acceptors (Lipinski definition) is 2. The second-order valence-electron chi connectivity index (χ2n) is 5.98. The Hall–Kier alpha value is -2.40. The number of amides is 1. The van der Waals surface area contributed by atoms with Gasteiger partial charge in [-0.15, -0.1) is 0 Å². The predicted molar refractivity (Wildman–Crippen MR) is 94.2 cm³/mol. The molecule has 4 nitrogen and oxygen atoms in total. The van der Waals surface area contributed by atoms with Crippen molar-refractivity contribution in [3.63, 3.8) is 0 Å². The summed E-state index contributed by atoms with van der Waals surface area (Å²) < 4.78 is 2.46. The second kappa shape index (κ2) is 5.35. The van der Waals surface area contributed by atoms with Crippen molar-refractivity contribution in [1.82, 2.24) is 9.55 Å². The van der Waals surface area contributed by atoms with E-state index < -0.39 is 0 Å². The first-order valence-electron chi connectivity index (χ1n) is 7.72. The quantitative estimate of drug-likeness (QED) is 0.731. The average Bonchev–Trinajstić information content (AvgIpc) is 3.04. The molecule has 0 radical (unpaired) electrons. The molecule has 3 aromatic rings. The van der Waals surface area contributed by atoms with Gasteiger partial charge in [0.15, 0.2) is 4.77 Å². The smallest absolute Gasteiger partial charge is 0.247 e. The molecular formula is C18H17N3OS. The van der Waals surface area contributed by atoms with Gasteiger partial charge in [-0.05, 0) is 49.3 Å². The van der Waals surface area contributed by atoms with Crippen LogP contribution in [-0.4, -0.2) is 21.5 Å². The van der Waals surface area contributed by atoms with Crippen molar-refractivity contribution in [1.29, 1.82) is 0 Å². The molecule has 1 aliphatic rings. The summed E-state index contributed by atoms with van der Waals surface area (Å²) in [5, 5.41) is 0. The fraction of sp³-hybridized carbons (Fsp3) is 0.222. The topological polar surface area (TPSA) is 41.0 Å². The summed E-state index contributed by atoms with van der Waals surface area (Å²) in [5.41, 5.74) is 4.18. The summed E-state index contributed by atoms with van der Waals surface area (Å²) in [6, 6.07) is 16.2. The van der Waals surface area contributed by atoms with Gasteiger partial charge in [-0.25, -0.2) is 0 Å². The van der Waals surface area contributed by atoms with Crippen LogP contribution in [-0.2, 0) is 17.8 Å². The number of anilines is 1. The van der Waals surface area contributed by atoms with Crippen LogP contribution in [0.1, 0.15) is 12.5 Å². The second-order valence-corrected chi connectivity index (χ2v) is 6.37. The summed E-state index contributed by atoms with van der Waals surface area (Å²) >= 11 is 5.39. The molecule has 0 fully saturated rings. The fourth-order valence-corrected chi connectivity index (χ4v) is 3.69. The van der Waals surface area contributed by atoms with Crippen molar-refractivity contribution >= 4 is 34.8 Å². The van der Waals surface area contributed by atoms with Crippen molar-refractivity contribution in [3.05, 3.63) is 58.9 Å². The van der Waals surface area contributed by atoms with Crippen LogP contribution in [0.5, 0.6) is 0 Å². The first kappa shape index (κ1) is 14.2. The maximum Gasteiger partial charge on any atom is 0.247 e. The lowest BCUT2D eigenvalue weighted by Gasteiger charge is -2.23. The van der Waals surface area contributed by atoms with Crippen molar-refractivity contribution < 1.29 is 4.79 Å². The van der Waals surface area contributed by atoms with Gasteiger partial charge in [-0.1, -0.05) is 30.3 Å². The van der Waals surface area contributed by atoms with Gasteiger partial charge in [0.2, 0.25) is 5.91 Å². The summed E-state index contributed by atoms with van der Waals surface area (Å²) in [5.74, 6) is 0.0725. The monoisotopic (exact) mass is 323 g/mol. The standard InChI is InChI=1S/C18H17N3OS/c1-12-10-13-6-2-4-8-15(13)21(12)17(22)11-20-16-9-5-3-7-14(16)19-18(20)23/h2-9,12H,10-11H2,1H3,(H,19,23)/t12-/m1/s1. The predicted octanol–water partition coefficient (Wildman–Crippen LogP) is 3.68. The Morgan fingerprint density at radius 3 is 2.83 bits per heavy atom. The molecule has 0 unspecified atom stereocenters. The number of nitrogens with one attached hydrogen (secondary N) is 1. The Bertz CT molecular complexity index is 956. The van der Waals surface area contributed by atoms with E-state index >= 15 is 0 Å². The molecule has 1 amide bonds. The lowest BCUT2D eigenvalue weighted by Crippen LogP contribution is -2.38. The Kier molecular flexibility index (Phi) is 3.31. The van der Waals surface area contributed by atoms with Crippen LogP contribution in [0.2, 0.25) is 0 Å². The van der Waals surface area contributed by atoms with Crippen LogP contribution < -0.4 is 4.90 Å². The highest BCUT2D eigenvalue weighted by atomic mass is 32.1. The maximum atomic E-state index is 12.9. The van der Waals surface area contributed by atoms with E-state index in [1.54, 1.807) is 0 Å². The molecule has 0 aliphatic carbocycles. The summed E-state index contributed by atoms with van der Waals surface area (Å²) in [4.78, 5) is 18.0. The largest absolute Gasteiger partial charge is 0.331 e. The Morgan fingerprint density at radius 1 is 1.22 bits per heavy atom. The minimum absolute atomic E-state index is 0.0725. The van der Waals surface area contributed by atoms with Gasteiger partial charge in [0.1, 0.15) is 6.54 Å². The van der Waals surface area contributed by atoms with Gasteiger partial charge < -0.3 is 14.5 Å². The number of nitrogens with zero attached hydrogens (tertiary/aromatic N) is 2. The summed E-state index contributed by atoms with van der Waals surface area (Å²) in [6.45, 7) is 2.34.